The minimum absolute atomic E-state index is 0.107. The van der Waals surface area contributed by atoms with E-state index in [4.69, 9.17) is 9.47 Å². The zero-order valence-corrected chi connectivity index (χ0v) is 18.4. The molecule has 0 unspecified atom stereocenters. The first kappa shape index (κ1) is 23.5. The molecule has 1 fully saturated rings. The van der Waals surface area contributed by atoms with Gasteiger partial charge in [0.1, 0.15) is 11.9 Å². The molecule has 0 saturated carbocycles. The molecular weight excluding hydrogens is 441 g/mol. The number of hydrogen-bond acceptors (Lipinski definition) is 6. The molecular formula is C21H24FN3O6S. The molecule has 0 radical (unpaired) electrons. The number of carbonyl (C=O) groups excluding carboxylic acids is 2. The first-order chi connectivity index (χ1) is 15.3. The van der Waals surface area contributed by atoms with Crippen LogP contribution in [0.5, 0.6) is 11.5 Å². The van der Waals surface area contributed by atoms with Crippen LogP contribution in [0.15, 0.2) is 47.4 Å². The Morgan fingerprint density at radius 3 is 2.50 bits per heavy atom. The first-order valence-electron chi connectivity index (χ1n) is 9.96. The van der Waals surface area contributed by atoms with Crippen LogP contribution in [0.1, 0.15) is 30.1 Å². The molecule has 9 nitrogen and oxygen atoms in total. The fourth-order valence-corrected chi connectivity index (χ4v) is 5.05. The highest BCUT2D eigenvalue weighted by Gasteiger charge is 2.39. The Morgan fingerprint density at radius 1 is 1.12 bits per heavy atom. The minimum atomic E-state index is -4.00. The Kier molecular flexibility index (Phi) is 7.31. The van der Waals surface area contributed by atoms with Crippen molar-refractivity contribution in [3.8, 4) is 11.5 Å². The van der Waals surface area contributed by atoms with Crippen molar-refractivity contribution >= 4 is 21.8 Å². The molecule has 1 heterocycles. The van der Waals surface area contributed by atoms with Gasteiger partial charge in [0.15, 0.2) is 11.5 Å². The number of sulfonamides is 1. The van der Waals surface area contributed by atoms with Crippen LogP contribution < -0.4 is 20.3 Å². The maximum absolute atomic E-state index is 13.2. The summed E-state index contributed by atoms with van der Waals surface area (Å²) in [6.07, 6.45) is 0.765. The van der Waals surface area contributed by atoms with E-state index in [1.54, 1.807) is 6.07 Å². The van der Waals surface area contributed by atoms with Crippen LogP contribution in [-0.4, -0.2) is 50.8 Å². The lowest BCUT2D eigenvalue weighted by molar-refractivity contribution is -0.125. The average molecular weight is 466 g/mol. The summed E-state index contributed by atoms with van der Waals surface area (Å²) in [6, 6.07) is 7.95. The predicted molar refractivity (Wildman–Crippen MR) is 113 cm³/mol. The van der Waals surface area contributed by atoms with E-state index >= 15 is 0 Å². The second kappa shape index (κ2) is 9.96. The number of carbonyl (C=O) groups is 2. The van der Waals surface area contributed by atoms with Gasteiger partial charge in [-0.2, -0.15) is 4.31 Å². The molecule has 172 valence electrons. The van der Waals surface area contributed by atoms with Crippen molar-refractivity contribution in [2.45, 2.75) is 30.7 Å². The summed E-state index contributed by atoms with van der Waals surface area (Å²) in [5.74, 6) is -1.00. The highest BCUT2D eigenvalue weighted by Crippen LogP contribution is 2.28. The molecule has 0 spiro atoms. The summed E-state index contributed by atoms with van der Waals surface area (Å²) in [5, 5.41) is 0. The third-order valence-corrected chi connectivity index (χ3v) is 6.87. The second-order valence-corrected chi connectivity index (χ2v) is 8.86. The standard InChI is InChI=1S/C21H24FN3O6S/c1-3-31-18-11-6-14(13-19(18)30-2)20(26)23-24-21(27)17-5-4-12-25(17)32(28,29)16-9-7-15(22)8-10-16/h6-11,13,17H,3-5,12H2,1-2H3,(H,23,26)(H,24,27)/t17-/m0/s1. The molecule has 1 saturated heterocycles. The van der Waals surface area contributed by atoms with Gasteiger partial charge in [0.05, 0.1) is 18.6 Å². The quantitative estimate of drug-likeness (QED) is 0.604. The van der Waals surface area contributed by atoms with Crippen molar-refractivity contribution in [2.24, 2.45) is 0 Å². The van der Waals surface area contributed by atoms with Gasteiger partial charge < -0.3 is 9.47 Å². The van der Waals surface area contributed by atoms with Crippen molar-refractivity contribution < 1.29 is 31.9 Å². The van der Waals surface area contributed by atoms with E-state index in [1.807, 2.05) is 6.92 Å². The lowest BCUT2D eigenvalue weighted by atomic mass is 10.2. The number of halogens is 1. The lowest BCUT2D eigenvalue weighted by Gasteiger charge is -2.23. The van der Waals surface area contributed by atoms with Crippen LogP contribution in [0.25, 0.3) is 0 Å². The summed E-state index contributed by atoms with van der Waals surface area (Å²) in [7, 11) is -2.55. The highest BCUT2D eigenvalue weighted by atomic mass is 32.2. The Bertz CT molecular complexity index is 1090. The smallest absolute Gasteiger partial charge is 0.269 e. The zero-order chi connectivity index (χ0) is 23.3. The molecule has 2 N–H and O–H groups in total. The largest absolute Gasteiger partial charge is 0.493 e. The monoisotopic (exact) mass is 465 g/mol. The number of ether oxygens (including phenoxy) is 2. The van der Waals surface area contributed by atoms with E-state index in [1.165, 1.54) is 19.2 Å². The molecule has 2 aromatic rings. The van der Waals surface area contributed by atoms with Gasteiger partial charge in [0.25, 0.3) is 11.8 Å². The number of amides is 2. The Hall–Kier alpha value is -3.18. The molecule has 0 bridgehead atoms. The zero-order valence-electron chi connectivity index (χ0n) is 17.6. The van der Waals surface area contributed by atoms with E-state index in [0.717, 1.165) is 28.6 Å². The molecule has 2 aromatic carbocycles. The van der Waals surface area contributed by atoms with Crippen LogP contribution in [0.2, 0.25) is 0 Å². The molecule has 0 aromatic heterocycles. The maximum atomic E-state index is 13.2. The average Bonchev–Trinajstić information content (AvgIpc) is 3.29. The Morgan fingerprint density at radius 2 is 1.84 bits per heavy atom. The number of methoxy groups -OCH3 is 1. The van der Waals surface area contributed by atoms with Crippen LogP contribution >= 0.6 is 0 Å². The third kappa shape index (κ3) is 5.00. The van der Waals surface area contributed by atoms with Crippen molar-refractivity contribution in [3.63, 3.8) is 0 Å². The second-order valence-electron chi connectivity index (χ2n) is 6.97. The van der Waals surface area contributed by atoms with Crippen molar-refractivity contribution in [3.05, 3.63) is 53.8 Å². The molecule has 1 aliphatic rings. The number of rotatable bonds is 7. The molecule has 32 heavy (non-hydrogen) atoms. The molecule has 0 aliphatic carbocycles. The topological polar surface area (TPSA) is 114 Å². The number of nitrogens with one attached hydrogen (secondary N) is 2. The van der Waals surface area contributed by atoms with Gasteiger partial charge in [-0.15, -0.1) is 0 Å². The van der Waals surface area contributed by atoms with E-state index < -0.39 is 33.7 Å². The minimum Gasteiger partial charge on any atom is -0.493 e. The lowest BCUT2D eigenvalue weighted by Crippen LogP contribution is -2.51. The summed E-state index contributed by atoms with van der Waals surface area (Å²) in [6.45, 7) is 2.39. The van der Waals surface area contributed by atoms with E-state index in [-0.39, 0.29) is 17.0 Å². The number of nitrogens with zero attached hydrogens (tertiary/aromatic N) is 1. The van der Waals surface area contributed by atoms with Crippen molar-refractivity contribution in [1.29, 1.82) is 0 Å². The molecule has 11 heteroatoms. The molecule has 1 atom stereocenters. The van der Waals surface area contributed by atoms with Crippen LogP contribution in [0.3, 0.4) is 0 Å². The highest BCUT2D eigenvalue weighted by molar-refractivity contribution is 7.89. The number of hydrazine groups is 1. The van der Waals surface area contributed by atoms with Crippen LogP contribution in [0.4, 0.5) is 4.39 Å². The van der Waals surface area contributed by atoms with Gasteiger partial charge in [-0.1, -0.05) is 0 Å². The normalized spacial score (nSPS) is 16.4. The fraction of sp³-hybridized carbons (Fsp3) is 0.333. The van der Waals surface area contributed by atoms with Gasteiger partial charge in [-0.05, 0) is 62.2 Å². The summed E-state index contributed by atoms with van der Waals surface area (Å²) in [4.78, 5) is 25.0. The molecule has 3 rings (SSSR count). The van der Waals surface area contributed by atoms with Gasteiger partial charge >= 0.3 is 0 Å². The predicted octanol–water partition coefficient (Wildman–Crippen LogP) is 1.85. The van der Waals surface area contributed by atoms with Gasteiger partial charge in [0, 0.05) is 12.1 Å². The van der Waals surface area contributed by atoms with Crippen molar-refractivity contribution in [2.75, 3.05) is 20.3 Å². The van der Waals surface area contributed by atoms with Crippen LogP contribution in [0, 0.1) is 5.82 Å². The van der Waals surface area contributed by atoms with E-state index in [2.05, 4.69) is 10.9 Å². The Balaban J connectivity index is 1.67. The van der Waals surface area contributed by atoms with Crippen molar-refractivity contribution in [1.82, 2.24) is 15.2 Å². The van der Waals surface area contributed by atoms with Gasteiger partial charge in [-0.3, -0.25) is 20.4 Å². The van der Waals surface area contributed by atoms with E-state index in [9.17, 15) is 22.4 Å². The summed E-state index contributed by atoms with van der Waals surface area (Å²) in [5.41, 5.74) is 4.79. The molecule has 1 aliphatic heterocycles. The SMILES string of the molecule is CCOc1ccc(C(=O)NNC(=O)[C@@H]2CCCN2S(=O)(=O)c2ccc(F)cc2)cc1OC. The van der Waals surface area contributed by atoms with E-state index in [0.29, 0.717) is 30.9 Å². The van der Waals surface area contributed by atoms with Crippen LogP contribution in [-0.2, 0) is 14.8 Å². The number of benzene rings is 2. The Labute approximate surface area is 185 Å². The first-order valence-corrected chi connectivity index (χ1v) is 11.4. The molecule has 2 amide bonds. The summed E-state index contributed by atoms with van der Waals surface area (Å²) >= 11 is 0. The summed E-state index contributed by atoms with van der Waals surface area (Å²) < 4.78 is 50.6. The third-order valence-electron chi connectivity index (χ3n) is 4.95. The fourth-order valence-electron chi connectivity index (χ4n) is 3.39. The maximum Gasteiger partial charge on any atom is 0.269 e. The van der Waals surface area contributed by atoms with Gasteiger partial charge in [0.2, 0.25) is 10.0 Å². The van der Waals surface area contributed by atoms with Gasteiger partial charge in [-0.25, -0.2) is 12.8 Å². The number of hydrogen-bond donors (Lipinski definition) is 2.